The average Bonchev–Trinajstić information content (AvgIpc) is 2.62. The average molecular weight is 312 g/mol. The molecule has 1 unspecified atom stereocenters. The highest BCUT2D eigenvalue weighted by Gasteiger charge is 2.33. The zero-order valence-electron chi connectivity index (χ0n) is 13.5. The molecule has 1 aromatic carbocycles. The maximum absolute atomic E-state index is 5.57. The summed E-state index contributed by atoms with van der Waals surface area (Å²) in [6, 6.07) is 10.8. The van der Waals surface area contributed by atoms with E-state index in [0.29, 0.717) is 0 Å². The highest BCUT2D eigenvalue weighted by molar-refractivity contribution is 5.31. The molecule has 0 spiro atoms. The van der Waals surface area contributed by atoms with Gasteiger partial charge in [0, 0.05) is 43.7 Å². The van der Waals surface area contributed by atoms with Gasteiger partial charge in [-0.15, -0.1) is 0 Å². The van der Waals surface area contributed by atoms with Crippen LogP contribution in [0.4, 0.5) is 5.82 Å². The lowest BCUT2D eigenvalue weighted by molar-refractivity contribution is 0.0389. The molecule has 0 aliphatic carbocycles. The predicted molar refractivity (Wildman–Crippen MR) is 91.3 cm³/mol. The fourth-order valence-corrected chi connectivity index (χ4v) is 3.07. The van der Waals surface area contributed by atoms with Crippen molar-refractivity contribution in [1.29, 1.82) is 0 Å². The Morgan fingerprint density at radius 2 is 1.96 bits per heavy atom. The molecule has 0 radical (unpaired) electrons. The molecule has 2 heterocycles. The summed E-state index contributed by atoms with van der Waals surface area (Å²) in [5.41, 5.74) is 1.31. The summed E-state index contributed by atoms with van der Waals surface area (Å²) in [5, 5.41) is 7.25. The Morgan fingerprint density at radius 3 is 2.65 bits per heavy atom. The smallest absolute Gasteiger partial charge is 0.144 e. The molecule has 1 saturated heterocycles. The van der Waals surface area contributed by atoms with E-state index in [1.807, 2.05) is 0 Å². The molecule has 2 aromatic rings. The minimum absolute atomic E-state index is 0.00499. The zero-order chi connectivity index (χ0) is 16.0. The first-order chi connectivity index (χ1) is 11.3. The summed E-state index contributed by atoms with van der Waals surface area (Å²) in [7, 11) is 0. The second-order valence-corrected chi connectivity index (χ2v) is 6.11. The van der Waals surface area contributed by atoms with Gasteiger partial charge in [-0.1, -0.05) is 30.3 Å². The lowest BCUT2D eigenvalue weighted by Crippen LogP contribution is -2.54. The molecule has 1 aliphatic heterocycles. The van der Waals surface area contributed by atoms with E-state index in [1.165, 1.54) is 5.56 Å². The van der Waals surface area contributed by atoms with Crippen LogP contribution in [0.1, 0.15) is 31.4 Å². The van der Waals surface area contributed by atoms with Crippen LogP contribution in [0.15, 0.2) is 48.9 Å². The Morgan fingerprint density at radius 1 is 1.17 bits per heavy atom. The van der Waals surface area contributed by atoms with Crippen LogP contribution in [-0.4, -0.2) is 35.3 Å². The fourth-order valence-electron chi connectivity index (χ4n) is 3.07. The molecule has 0 amide bonds. The van der Waals surface area contributed by atoms with Crippen molar-refractivity contribution in [2.24, 2.45) is 0 Å². The third-order valence-corrected chi connectivity index (χ3v) is 4.44. The second kappa shape index (κ2) is 7.53. The Labute approximate surface area is 137 Å². The van der Waals surface area contributed by atoms with Crippen LogP contribution in [0.2, 0.25) is 0 Å². The van der Waals surface area contributed by atoms with Gasteiger partial charge >= 0.3 is 0 Å². The summed E-state index contributed by atoms with van der Waals surface area (Å²) in [6.07, 6.45) is 7.12. The monoisotopic (exact) mass is 312 g/mol. The van der Waals surface area contributed by atoms with Gasteiger partial charge in [-0.2, -0.15) is 0 Å². The van der Waals surface area contributed by atoms with Gasteiger partial charge < -0.3 is 15.4 Å². The number of rotatable bonds is 6. The van der Waals surface area contributed by atoms with Gasteiger partial charge in [0.2, 0.25) is 0 Å². The molecule has 0 saturated carbocycles. The normalized spacial score (nSPS) is 18.3. The molecule has 3 rings (SSSR count). The quantitative estimate of drug-likeness (QED) is 0.859. The highest BCUT2D eigenvalue weighted by Crippen LogP contribution is 2.25. The summed E-state index contributed by atoms with van der Waals surface area (Å²) in [5.74, 6) is 0.813. The largest absolute Gasteiger partial charge is 0.381 e. The molecule has 0 bridgehead atoms. The van der Waals surface area contributed by atoms with Crippen molar-refractivity contribution in [3.05, 3.63) is 54.5 Å². The van der Waals surface area contributed by atoms with Crippen LogP contribution < -0.4 is 10.6 Å². The Balaban J connectivity index is 1.69. The van der Waals surface area contributed by atoms with Gasteiger partial charge in [0.05, 0.1) is 6.20 Å². The van der Waals surface area contributed by atoms with Gasteiger partial charge in [-0.25, -0.2) is 4.98 Å². The third kappa shape index (κ3) is 4.27. The standard InChI is InChI=1S/C18H24N4O/c1-15(16-5-3-2-4-6-16)22-18(7-11-23-12-8-18)14-21-17-13-19-9-10-20-17/h2-6,9-10,13,15,22H,7-8,11-12,14H2,1H3,(H,20,21). The van der Waals surface area contributed by atoms with Gasteiger partial charge in [-0.05, 0) is 25.3 Å². The van der Waals surface area contributed by atoms with Crippen molar-refractivity contribution in [3.8, 4) is 0 Å². The number of benzene rings is 1. The fraction of sp³-hybridized carbons (Fsp3) is 0.444. The van der Waals surface area contributed by atoms with Crippen LogP contribution in [-0.2, 0) is 4.74 Å². The zero-order valence-corrected chi connectivity index (χ0v) is 13.5. The van der Waals surface area contributed by atoms with Crippen LogP contribution in [0.25, 0.3) is 0 Å². The molecule has 1 atom stereocenters. The number of hydrogen-bond donors (Lipinski definition) is 2. The van der Waals surface area contributed by atoms with E-state index >= 15 is 0 Å². The minimum atomic E-state index is 0.00499. The van der Waals surface area contributed by atoms with Crippen molar-refractivity contribution >= 4 is 5.82 Å². The van der Waals surface area contributed by atoms with E-state index in [4.69, 9.17) is 4.74 Å². The maximum atomic E-state index is 5.57. The van der Waals surface area contributed by atoms with Crippen molar-refractivity contribution < 1.29 is 4.74 Å². The van der Waals surface area contributed by atoms with Gasteiger partial charge in [0.15, 0.2) is 0 Å². The number of nitrogens with zero attached hydrogens (tertiary/aromatic N) is 2. The Kier molecular flexibility index (Phi) is 5.20. The van der Waals surface area contributed by atoms with E-state index in [9.17, 15) is 0 Å². The highest BCUT2D eigenvalue weighted by atomic mass is 16.5. The van der Waals surface area contributed by atoms with E-state index in [1.54, 1.807) is 18.6 Å². The van der Waals surface area contributed by atoms with Crippen LogP contribution >= 0.6 is 0 Å². The molecule has 2 N–H and O–H groups in total. The first-order valence-corrected chi connectivity index (χ1v) is 8.18. The van der Waals surface area contributed by atoms with Crippen LogP contribution in [0.5, 0.6) is 0 Å². The first-order valence-electron chi connectivity index (χ1n) is 8.18. The molecule has 1 aromatic heterocycles. The second-order valence-electron chi connectivity index (χ2n) is 6.11. The molecular weight excluding hydrogens is 288 g/mol. The van der Waals surface area contributed by atoms with Crippen molar-refractivity contribution in [2.45, 2.75) is 31.3 Å². The SMILES string of the molecule is CC(NC1(CNc2cnccn2)CCOCC1)c1ccccc1. The summed E-state index contributed by atoms with van der Waals surface area (Å²) in [4.78, 5) is 8.41. The maximum Gasteiger partial charge on any atom is 0.144 e. The molecule has 5 heteroatoms. The summed E-state index contributed by atoms with van der Waals surface area (Å²) >= 11 is 0. The van der Waals surface area contributed by atoms with Gasteiger partial charge in [0.25, 0.3) is 0 Å². The van der Waals surface area contributed by atoms with Gasteiger partial charge in [0.1, 0.15) is 5.82 Å². The number of hydrogen-bond acceptors (Lipinski definition) is 5. The number of ether oxygens (including phenoxy) is 1. The van der Waals surface area contributed by atoms with Crippen molar-refractivity contribution in [3.63, 3.8) is 0 Å². The molecule has 1 fully saturated rings. The molecule has 122 valence electrons. The Hall–Kier alpha value is -1.98. The third-order valence-electron chi connectivity index (χ3n) is 4.44. The lowest BCUT2D eigenvalue weighted by atomic mass is 9.88. The Bertz CT molecular complexity index is 584. The van der Waals surface area contributed by atoms with Crippen LogP contribution in [0, 0.1) is 0 Å². The minimum Gasteiger partial charge on any atom is -0.381 e. The van der Waals surface area contributed by atoms with Gasteiger partial charge in [-0.3, -0.25) is 4.98 Å². The van der Waals surface area contributed by atoms with Crippen molar-refractivity contribution in [2.75, 3.05) is 25.1 Å². The molecule has 5 nitrogen and oxygen atoms in total. The molecule has 23 heavy (non-hydrogen) atoms. The van der Waals surface area contributed by atoms with E-state index in [2.05, 4.69) is 57.9 Å². The first kappa shape index (κ1) is 15.9. The number of anilines is 1. The summed E-state index contributed by atoms with van der Waals surface area (Å²) in [6.45, 7) is 4.61. The van der Waals surface area contributed by atoms with E-state index < -0.39 is 0 Å². The van der Waals surface area contributed by atoms with E-state index in [-0.39, 0.29) is 11.6 Å². The van der Waals surface area contributed by atoms with Crippen molar-refractivity contribution in [1.82, 2.24) is 15.3 Å². The van der Waals surface area contributed by atoms with E-state index in [0.717, 1.165) is 38.4 Å². The molecular formula is C18H24N4O. The number of aromatic nitrogens is 2. The predicted octanol–water partition coefficient (Wildman–Crippen LogP) is 2.79. The lowest BCUT2D eigenvalue weighted by Gasteiger charge is -2.40. The van der Waals surface area contributed by atoms with Crippen LogP contribution in [0.3, 0.4) is 0 Å². The summed E-state index contributed by atoms with van der Waals surface area (Å²) < 4.78 is 5.57. The number of nitrogens with one attached hydrogen (secondary N) is 2. The molecule has 1 aliphatic rings. The topological polar surface area (TPSA) is 59.1 Å².